The summed E-state index contributed by atoms with van der Waals surface area (Å²) in [7, 11) is 1.59. The van der Waals surface area contributed by atoms with Crippen LogP contribution >= 0.6 is 11.6 Å². The van der Waals surface area contributed by atoms with Gasteiger partial charge in [-0.05, 0) is 66.2 Å². The van der Waals surface area contributed by atoms with Crippen molar-refractivity contribution in [2.75, 3.05) is 17.7 Å². The Morgan fingerprint density at radius 2 is 1.74 bits per heavy atom. The van der Waals surface area contributed by atoms with E-state index in [0.29, 0.717) is 17.3 Å². The number of halogens is 4. The molecule has 4 rings (SSSR count). The van der Waals surface area contributed by atoms with Gasteiger partial charge in [0.25, 0.3) is 0 Å². The molecule has 7 nitrogen and oxygen atoms in total. The zero-order chi connectivity index (χ0) is 27.1. The van der Waals surface area contributed by atoms with E-state index in [1.54, 1.807) is 55.8 Å². The number of anilines is 3. The Bertz CT molecular complexity index is 1460. The van der Waals surface area contributed by atoms with Crippen molar-refractivity contribution in [3.8, 4) is 17.4 Å². The van der Waals surface area contributed by atoms with E-state index >= 15 is 0 Å². The van der Waals surface area contributed by atoms with Crippen molar-refractivity contribution in [3.05, 3.63) is 101 Å². The maximum atomic E-state index is 13.0. The van der Waals surface area contributed by atoms with Gasteiger partial charge in [-0.2, -0.15) is 18.2 Å². The lowest BCUT2D eigenvalue weighted by Crippen LogP contribution is -2.11. The van der Waals surface area contributed by atoms with Crippen molar-refractivity contribution in [3.63, 3.8) is 0 Å². The molecule has 0 bridgehead atoms. The number of benzene rings is 3. The molecule has 0 saturated heterocycles. The lowest BCUT2D eigenvalue weighted by molar-refractivity contribution is -0.137. The monoisotopic (exact) mass is 540 g/mol. The number of nitrogens with zero attached hydrogens (tertiary/aromatic N) is 2. The van der Waals surface area contributed by atoms with Crippen LogP contribution in [0.4, 0.5) is 30.5 Å². The highest BCUT2D eigenvalue weighted by molar-refractivity contribution is 6.31. The minimum Gasteiger partial charge on any atom is -0.497 e. The van der Waals surface area contributed by atoms with Gasteiger partial charge in [0.15, 0.2) is 0 Å². The van der Waals surface area contributed by atoms with Gasteiger partial charge in [-0.3, -0.25) is 4.79 Å². The Hall–Kier alpha value is -4.57. The maximum Gasteiger partial charge on any atom is 0.417 e. The van der Waals surface area contributed by atoms with Crippen LogP contribution in [0.5, 0.6) is 17.4 Å². The van der Waals surface area contributed by atoms with E-state index in [9.17, 15) is 18.0 Å². The predicted octanol–water partition coefficient (Wildman–Crippen LogP) is 7.35. The molecule has 0 saturated carbocycles. The van der Waals surface area contributed by atoms with Crippen LogP contribution in [-0.2, 0) is 11.0 Å². The summed E-state index contributed by atoms with van der Waals surface area (Å²) in [6, 6.07) is 18.8. The SMILES string of the molecule is COc1ccc(Nc2nccc(Oc3cccc(/C=C/C(=O)Nc4ccc(Cl)c(C(F)(F)F)c4)c3)n2)cc1. The summed E-state index contributed by atoms with van der Waals surface area (Å²) in [6.45, 7) is 0. The fourth-order valence-corrected chi connectivity index (χ4v) is 3.47. The molecule has 0 atom stereocenters. The van der Waals surface area contributed by atoms with Gasteiger partial charge >= 0.3 is 6.18 Å². The van der Waals surface area contributed by atoms with Gasteiger partial charge in [0.2, 0.25) is 17.7 Å². The minimum absolute atomic E-state index is 0.0312. The third-order valence-corrected chi connectivity index (χ3v) is 5.35. The van der Waals surface area contributed by atoms with E-state index in [1.165, 1.54) is 18.2 Å². The molecule has 0 aliphatic rings. The molecule has 194 valence electrons. The quantitative estimate of drug-likeness (QED) is 0.227. The van der Waals surface area contributed by atoms with Crippen molar-refractivity contribution in [1.29, 1.82) is 0 Å². The first kappa shape index (κ1) is 26.5. The first-order chi connectivity index (χ1) is 18.2. The second kappa shape index (κ2) is 11.7. The van der Waals surface area contributed by atoms with Gasteiger partial charge in [0.1, 0.15) is 11.5 Å². The summed E-state index contributed by atoms with van der Waals surface area (Å²) in [5.74, 6) is 1.18. The fourth-order valence-electron chi connectivity index (χ4n) is 3.24. The molecule has 1 heterocycles. The first-order valence-electron chi connectivity index (χ1n) is 11.1. The van der Waals surface area contributed by atoms with E-state index in [-0.39, 0.29) is 11.6 Å². The van der Waals surface area contributed by atoms with Gasteiger partial charge in [0.05, 0.1) is 17.7 Å². The maximum absolute atomic E-state index is 13.0. The number of nitrogens with one attached hydrogen (secondary N) is 2. The zero-order valence-corrected chi connectivity index (χ0v) is 20.5. The van der Waals surface area contributed by atoms with Crippen LogP contribution in [-0.4, -0.2) is 23.0 Å². The molecule has 2 N–H and O–H groups in total. The van der Waals surface area contributed by atoms with Crippen molar-refractivity contribution in [2.24, 2.45) is 0 Å². The Kier molecular flexibility index (Phi) is 8.12. The molecule has 0 spiro atoms. The fraction of sp³-hybridized carbons (Fsp3) is 0.0741. The minimum atomic E-state index is -4.63. The highest BCUT2D eigenvalue weighted by Gasteiger charge is 2.33. The molecule has 4 aromatic rings. The summed E-state index contributed by atoms with van der Waals surface area (Å²) in [5, 5.41) is 5.02. The number of alkyl halides is 3. The smallest absolute Gasteiger partial charge is 0.417 e. The van der Waals surface area contributed by atoms with E-state index in [0.717, 1.165) is 23.6 Å². The third-order valence-electron chi connectivity index (χ3n) is 5.02. The number of hydrogen-bond acceptors (Lipinski definition) is 6. The van der Waals surface area contributed by atoms with Gasteiger partial charge in [-0.25, -0.2) is 4.98 Å². The van der Waals surface area contributed by atoms with E-state index in [2.05, 4.69) is 20.6 Å². The number of ether oxygens (including phenoxy) is 2. The average Bonchev–Trinajstić information content (AvgIpc) is 2.89. The Labute approximate surface area is 220 Å². The molecule has 0 aliphatic carbocycles. The lowest BCUT2D eigenvalue weighted by Gasteiger charge is -2.11. The number of carbonyl (C=O) groups excluding carboxylic acids is 1. The van der Waals surface area contributed by atoms with Crippen LogP contribution < -0.4 is 20.1 Å². The molecule has 0 unspecified atom stereocenters. The number of methoxy groups -OCH3 is 1. The summed E-state index contributed by atoms with van der Waals surface area (Å²) >= 11 is 5.61. The number of amides is 1. The van der Waals surface area contributed by atoms with Crippen molar-refractivity contribution >= 4 is 40.9 Å². The van der Waals surface area contributed by atoms with Gasteiger partial charge in [-0.1, -0.05) is 23.7 Å². The lowest BCUT2D eigenvalue weighted by atomic mass is 10.2. The summed E-state index contributed by atoms with van der Waals surface area (Å²) in [5.41, 5.74) is 0.325. The summed E-state index contributed by atoms with van der Waals surface area (Å²) < 4.78 is 50.1. The molecule has 0 radical (unpaired) electrons. The Morgan fingerprint density at radius 1 is 0.974 bits per heavy atom. The van der Waals surface area contributed by atoms with E-state index < -0.39 is 22.7 Å². The first-order valence-corrected chi connectivity index (χ1v) is 11.5. The van der Waals surface area contributed by atoms with Crippen molar-refractivity contribution in [1.82, 2.24) is 9.97 Å². The molecule has 3 aromatic carbocycles. The second-order valence-electron chi connectivity index (χ2n) is 7.76. The number of hydrogen-bond donors (Lipinski definition) is 2. The van der Waals surface area contributed by atoms with Crippen LogP contribution in [0.15, 0.2) is 85.1 Å². The number of rotatable bonds is 8. The van der Waals surface area contributed by atoms with E-state index in [1.807, 2.05) is 12.1 Å². The van der Waals surface area contributed by atoms with Crippen molar-refractivity contribution < 1.29 is 27.4 Å². The molecule has 11 heteroatoms. The highest BCUT2D eigenvalue weighted by Crippen LogP contribution is 2.36. The standard InChI is InChI=1S/C27H20ClF3N4O3/c1-37-20-9-6-18(7-10-20)34-26-32-14-13-25(35-26)38-21-4-2-3-17(15-21)5-12-24(36)33-19-8-11-23(28)22(16-19)27(29,30)31/h2-16H,1H3,(H,33,36)(H,32,34,35)/b12-5+. The van der Waals surface area contributed by atoms with Gasteiger partial charge < -0.3 is 20.1 Å². The van der Waals surface area contributed by atoms with Crippen LogP contribution in [0.2, 0.25) is 5.02 Å². The van der Waals surface area contributed by atoms with Crippen LogP contribution in [0, 0.1) is 0 Å². The molecule has 0 fully saturated rings. The Balaban J connectivity index is 1.39. The highest BCUT2D eigenvalue weighted by atomic mass is 35.5. The van der Waals surface area contributed by atoms with Crippen molar-refractivity contribution in [2.45, 2.75) is 6.18 Å². The molecule has 1 amide bonds. The van der Waals surface area contributed by atoms with Crippen LogP contribution in [0.1, 0.15) is 11.1 Å². The van der Waals surface area contributed by atoms with E-state index in [4.69, 9.17) is 21.1 Å². The Morgan fingerprint density at radius 3 is 2.47 bits per heavy atom. The zero-order valence-electron chi connectivity index (χ0n) is 19.8. The molecule has 38 heavy (non-hydrogen) atoms. The molecule has 1 aromatic heterocycles. The number of carbonyl (C=O) groups is 1. The van der Waals surface area contributed by atoms with Crippen LogP contribution in [0.25, 0.3) is 6.08 Å². The normalized spacial score (nSPS) is 11.3. The second-order valence-corrected chi connectivity index (χ2v) is 8.17. The predicted molar refractivity (Wildman–Crippen MR) is 139 cm³/mol. The molecule has 0 aliphatic heterocycles. The van der Waals surface area contributed by atoms with Crippen LogP contribution in [0.3, 0.4) is 0 Å². The third kappa shape index (κ3) is 7.23. The average molecular weight is 541 g/mol. The van der Waals surface area contributed by atoms with Gasteiger partial charge in [0, 0.05) is 29.7 Å². The topological polar surface area (TPSA) is 85.4 Å². The molecular weight excluding hydrogens is 521 g/mol. The number of aromatic nitrogens is 2. The van der Waals surface area contributed by atoms with Gasteiger partial charge in [-0.15, -0.1) is 0 Å². The largest absolute Gasteiger partial charge is 0.497 e. The molecular formula is C27H20ClF3N4O3. The summed E-state index contributed by atoms with van der Waals surface area (Å²) in [4.78, 5) is 20.8. The summed E-state index contributed by atoms with van der Waals surface area (Å²) in [6.07, 6.45) is -0.393.